The highest BCUT2D eigenvalue weighted by molar-refractivity contribution is 5.26. The van der Waals surface area contributed by atoms with Gasteiger partial charge in [0.2, 0.25) is 0 Å². The summed E-state index contributed by atoms with van der Waals surface area (Å²) in [5.41, 5.74) is 8.43. The topological polar surface area (TPSA) is 57.0 Å². The van der Waals surface area contributed by atoms with E-state index in [0.717, 1.165) is 30.0 Å². The maximum atomic E-state index is 6.33. The molecule has 0 amide bonds. The van der Waals surface area contributed by atoms with Gasteiger partial charge in [0.05, 0.1) is 30.5 Å². The van der Waals surface area contributed by atoms with E-state index in [4.69, 9.17) is 10.2 Å². The van der Waals surface area contributed by atoms with Crippen LogP contribution in [0.25, 0.3) is 0 Å². The average Bonchev–Trinajstić information content (AvgIpc) is 3.16. The molecule has 2 N–H and O–H groups in total. The zero-order valence-corrected chi connectivity index (χ0v) is 11.1. The number of hydrogen-bond donors (Lipinski definition) is 1. The maximum absolute atomic E-state index is 6.33. The second-order valence-corrected chi connectivity index (χ2v) is 4.73. The molecule has 2 heterocycles. The largest absolute Gasteiger partial charge is 0.469 e. The first-order chi connectivity index (χ1) is 9.84. The minimum atomic E-state index is -0.157. The standard InChI is InChI=1S/C16H17N3O/c17-16(13-5-2-1-3-6-13)15-11-18-12-19(15)9-8-14-7-4-10-20-14/h1-7,10-12,16H,8-9,17H2. The summed E-state index contributed by atoms with van der Waals surface area (Å²) in [5, 5.41) is 0. The predicted molar refractivity (Wildman–Crippen MR) is 77.1 cm³/mol. The smallest absolute Gasteiger partial charge is 0.105 e. The van der Waals surface area contributed by atoms with Gasteiger partial charge in [-0.25, -0.2) is 4.98 Å². The Kier molecular flexibility index (Phi) is 3.65. The number of hydrogen-bond acceptors (Lipinski definition) is 3. The van der Waals surface area contributed by atoms with Crippen LogP contribution in [0.5, 0.6) is 0 Å². The minimum absolute atomic E-state index is 0.157. The molecule has 0 fully saturated rings. The average molecular weight is 267 g/mol. The summed E-state index contributed by atoms with van der Waals surface area (Å²) in [4.78, 5) is 4.22. The summed E-state index contributed by atoms with van der Waals surface area (Å²) in [6.07, 6.45) is 6.18. The minimum Gasteiger partial charge on any atom is -0.469 e. The van der Waals surface area contributed by atoms with Crippen molar-refractivity contribution >= 4 is 0 Å². The summed E-state index contributed by atoms with van der Waals surface area (Å²) in [7, 11) is 0. The highest BCUT2D eigenvalue weighted by atomic mass is 16.3. The van der Waals surface area contributed by atoms with Gasteiger partial charge in [0, 0.05) is 13.0 Å². The van der Waals surface area contributed by atoms with Gasteiger partial charge >= 0.3 is 0 Å². The number of nitrogens with two attached hydrogens (primary N) is 1. The Morgan fingerprint density at radius 1 is 1.15 bits per heavy atom. The third-order valence-electron chi connectivity index (χ3n) is 3.40. The van der Waals surface area contributed by atoms with Gasteiger partial charge in [0.1, 0.15) is 5.76 Å². The van der Waals surface area contributed by atoms with Gasteiger partial charge < -0.3 is 14.7 Å². The summed E-state index contributed by atoms with van der Waals surface area (Å²) < 4.78 is 7.44. The van der Waals surface area contributed by atoms with Crippen molar-refractivity contribution in [2.75, 3.05) is 0 Å². The number of furan rings is 1. The quantitative estimate of drug-likeness (QED) is 0.773. The van der Waals surface area contributed by atoms with E-state index in [1.165, 1.54) is 0 Å². The Bertz CT molecular complexity index is 643. The van der Waals surface area contributed by atoms with Crippen molar-refractivity contribution in [2.45, 2.75) is 19.0 Å². The molecule has 0 bridgehead atoms. The normalized spacial score (nSPS) is 12.4. The van der Waals surface area contributed by atoms with E-state index in [9.17, 15) is 0 Å². The van der Waals surface area contributed by atoms with Crippen molar-refractivity contribution in [1.29, 1.82) is 0 Å². The monoisotopic (exact) mass is 267 g/mol. The maximum Gasteiger partial charge on any atom is 0.105 e. The van der Waals surface area contributed by atoms with Crippen molar-refractivity contribution in [3.05, 3.63) is 78.3 Å². The SMILES string of the molecule is NC(c1ccccc1)c1cncn1CCc1ccco1. The van der Waals surface area contributed by atoms with Crippen LogP contribution in [0.2, 0.25) is 0 Å². The zero-order valence-electron chi connectivity index (χ0n) is 11.1. The number of aryl methyl sites for hydroxylation is 2. The van der Waals surface area contributed by atoms with Gasteiger partial charge in [0.25, 0.3) is 0 Å². The van der Waals surface area contributed by atoms with Gasteiger partial charge in [-0.3, -0.25) is 0 Å². The Morgan fingerprint density at radius 3 is 2.75 bits per heavy atom. The van der Waals surface area contributed by atoms with E-state index < -0.39 is 0 Å². The first-order valence-electron chi connectivity index (χ1n) is 6.67. The fourth-order valence-corrected chi connectivity index (χ4v) is 2.29. The van der Waals surface area contributed by atoms with E-state index in [1.807, 2.05) is 55.0 Å². The molecule has 0 aliphatic heterocycles. The third-order valence-corrected chi connectivity index (χ3v) is 3.40. The molecule has 0 spiro atoms. The molecule has 1 aromatic carbocycles. The van der Waals surface area contributed by atoms with E-state index in [0.29, 0.717) is 0 Å². The molecule has 0 saturated carbocycles. The Hall–Kier alpha value is -2.33. The number of benzene rings is 1. The first-order valence-corrected chi connectivity index (χ1v) is 6.67. The molecular weight excluding hydrogens is 250 g/mol. The lowest BCUT2D eigenvalue weighted by atomic mass is 10.1. The van der Waals surface area contributed by atoms with Crippen molar-refractivity contribution < 1.29 is 4.42 Å². The molecule has 2 aromatic heterocycles. The molecule has 20 heavy (non-hydrogen) atoms. The summed E-state index contributed by atoms with van der Waals surface area (Å²) in [5.74, 6) is 0.970. The fraction of sp³-hybridized carbons (Fsp3) is 0.188. The Labute approximate surface area is 117 Å². The molecule has 0 saturated heterocycles. The van der Waals surface area contributed by atoms with Gasteiger partial charge in [0.15, 0.2) is 0 Å². The van der Waals surface area contributed by atoms with E-state index >= 15 is 0 Å². The van der Waals surface area contributed by atoms with Crippen LogP contribution in [0.1, 0.15) is 23.1 Å². The van der Waals surface area contributed by atoms with E-state index in [1.54, 1.807) is 6.26 Å². The van der Waals surface area contributed by atoms with Crippen LogP contribution < -0.4 is 5.73 Å². The number of rotatable bonds is 5. The van der Waals surface area contributed by atoms with Crippen molar-refractivity contribution in [3.8, 4) is 0 Å². The Balaban J connectivity index is 1.76. The molecule has 1 atom stereocenters. The molecule has 3 rings (SSSR count). The number of nitrogens with zero attached hydrogens (tertiary/aromatic N) is 2. The van der Waals surface area contributed by atoms with Crippen LogP contribution in [0.3, 0.4) is 0 Å². The highest BCUT2D eigenvalue weighted by Gasteiger charge is 2.13. The third kappa shape index (κ3) is 2.65. The first kappa shape index (κ1) is 12.7. The lowest BCUT2D eigenvalue weighted by Gasteiger charge is -2.14. The van der Waals surface area contributed by atoms with Crippen LogP contribution in [0, 0.1) is 0 Å². The summed E-state index contributed by atoms with van der Waals surface area (Å²) in [6, 6.07) is 13.8. The number of imidazole rings is 1. The second kappa shape index (κ2) is 5.75. The van der Waals surface area contributed by atoms with Crippen LogP contribution in [0.4, 0.5) is 0 Å². The molecule has 1 unspecified atom stereocenters. The van der Waals surface area contributed by atoms with Crippen LogP contribution in [-0.4, -0.2) is 9.55 Å². The lowest BCUT2D eigenvalue weighted by Crippen LogP contribution is -2.17. The van der Waals surface area contributed by atoms with Crippen molar-refractivity contribution in [3.63, 3.8) is 0 Å². The second-order valence-electron chi connectivity index (χ2n) is 4.73. The molecule has 3 aromatic rings. The van der Waals surface area contributed by atoms with Gasteiger partial charge in [-0.15, -0.1) is 0 Å². The Morgan fingerprint density at radius 2 is 2.00 bits per heavy atom. The van der Waals surface area contributed by atoms with Gasteiger partial charge in [-0.2, -0.15) is 0 Å². The van der Waals surface area contributed by atoms with E-state index in [2.05, 4.69) is 9.55 Å². The van der Waals surface area contributed by atoms with Crippen LogP contribution in [-0.2, 0) is 13.0 Å². The molecule has 0 radical (unpaired) electrons. The lowest BCUT2D eigenvalue weighted by molar-refractivity contribution is 0.486. The summed E-state index contributed by atoms with van der Waals surface area (Å²) >= 11 is 0. The van der Waals surface area contributed by atoms with Crippen molar-refractivity contribution in [2.24, 2.45) is 5.73 Å². The number of aromatic nitrogens is 2. The van der Waals surface area contributed by atoms with Gasteiger partial charge in [-0.05, 0) is 17.7 Å². The van der Waals surface area contributed by atoms with Crippen LogP contribution >= 0.6 is 0 Å². The summed E-state index contributed by atoms with van der Waals surface area (Å²) in [6.45, 7) is 0.809. The fourth-order valence-electron chi connectivity index (χ4n) is 2.29. The van der Waals surface area contributed by atoms with E-state index in [-0.39, 0.29) is 6.04 Å². The highest BCUT2D eigenvalue weighted by Crippen LogP contribution is 2.19. The van der Waals surface area contributed by atoms with Crippen molar-refractivity contribution in [1.82, 2.24) is 9.55 Å². The molecule has 102 valence electrons. The zero-order chi connectivity index (χ0) is 13.8. The molecule has 0 aliphatic carbocycles. The predicted octanol–water partition coefficient (Wildman–Crippen LogP) is 2.77. The molecule has 4 nitrogen and oxygen atoms in total. The van der Waals surface area contributed by atoms with Crippen LogP contribution in [0.15, 0.2) is 65.7 Å². The van der Waals surface area contributed by atoms with Gasteiger partial charge in [-0.1, -0.05) is 30.3 Å². The molecular formula is C16H17N3O. The molecule has 0 aliphatic rings. The molecule has 4 heteroatoms.